The first-order chi connectivity index (χ1) is 11.5. The molecule has 0 saturated carbocycles. The van der Waals surface area contributed by atoms with Crippen molar-refractivity contribution in [3.05, 3.63) is 49.1 Å². The molecule has 0 spiro atoms. The zero-order valence-electron chi connectivity index (χ0n) is 14.5. The fourth-order valence-electron chi connectivity index (χ4n) is 3.13. The lowest BCUT2D eigenvalue weighted by atomic mass is 10.1. The number of hydrogen-bond acceptors (Lipinski definition) is 4. The standard InChI is InChI=1S/C18H23N3O2S/c1-4-6-15-12(5-2)9-16(24-15)18(23)21-8-7-14-13(11-21)10-17(22)20(3)19-14/h9-10H,4-8,11H2,1-3H3. The molecular formula is C18H23N3O2S. The number of aromatic nitrogens is 2. The van der Waals surface area contributed by atoms with Crippen LogP contribution < -0.4 is 5.56 Å². The van der Waals surface area contributed by atoms with E-state index in [-0.39, 0.29) is 11.5 Å². The van der Waals surface area contributed by atoms with Crippen LogP contribution in [0, 0.1) is 0 Å². The molecule has 0 radical (unpaired) electrons. The first-order valence-electron chi connectivity index (χ1n) is 8.50. The van der Waals surface area contributed by atoms with Gasteiger partial charge in [-0.2, -0.15) is 5.10 Å². The third kappa shape index (κ3) is 3.15. The maximum atomic E-state index is 12.9. The summed E-state index contributed by atoms with van der Waals surface area (Å²) in [7, 11) is 1.66. The van der Waals surface area contributed by atoms with Crippen molar-refractivity contribution < 1.29 is 4.79 Å². The maximum Gasteiger partial charge on any atom is 0.266 e. The molecule has 1 aliphatic heterocycles. The van der Waals surface area contributed by atoms with Crippen LogP contribution in [0.2, 0.25) is 0 Å². The highest BCUT2D eigenvalue weighted by Gasteiger charge is 2.25. The lowest BCUT2D eigenvalue weighted by Crippen LogP contribution is -2.38. The summed E-state index contributed by atoms with van der Waals surface area (Å²) in [5.74, 6) is 0.0726. The van der Waals surface area contributed by atoms with Crippen LogP contribution in [0.3, 0.4) is 0 Å². The van der Waals surface area contributed by atoms with Gasteiger partial charge in [-0.15, -0.1) is 11.3 Å². The molecule has 0 unspecified atom stereocenters. The average Bonchev–Trinajstić information content (AvgIpc) is 2.98. The van der Waals surface area contributed by atoms with Crippen molar-refractivity contribution in [1.82, 2.24) is 14.7 Å². The van der Waals surface area contributed by atoms with E-state index in [0.29, 0.717) is 19.5 Å². The van der Waals surface area contributed by atoms with E-state index in [0.717, 1.165) is 35.4 Å². The minimum atomic E-state index is -0.127. The summed E-state index contributed by atoms with van der Waals surface area (Å²) < 4.78 is 1.36. The molecule has 0 N–H and O–H groups in total. The van der Waals surface area contributed by atoms with Crippen molar-refractivity contribution in [3.63, 3.8) is 0 Å². The Morgan fingerprint density at radius 3 is 2.83 bits per heavy atom. The molecule has 128 valence electrons. The van der Waals surface area contributed by atoms with Crippen LogP contribution in [-0.4, -0.2) is 27.1 Å². The number of carbonyl (C=O) groups excluding carboxylic acids is 1. The van der Waals surface area contributed by atoms with E-state index in [4.69, 9.17) is 0 Å². The Labute approximate surface area is 145 Å². The largest absolute Gasteiger partial charge is 0.333 e. The summed E-state index contributed by atoms with van der Waals surface area (Å²) in [6.07, 6.45) is 3.78. The van der Waals surface area contributed by atoms with Gasteiger partial charge in [-0.05, 0) is 24.5 Å². The van der Waals surface area contributed by atoms with Gasteiger partial charge in [-0.25, -0.2) is 4.68 Å². The van der Waals surface area contributed by atoms with Gasteiger partial charge in [-0.3, -0.25) is 9.59 Å². The number of nitrogens with zero attached hydrogens (tertiary/aromatic N) is 3. The Morgan fingerprint density at radius 2 is 2.12 bits per heavy atom. The summed E-state index contributed by atoms with van der Waals surface area (Å²) >= 11 is 1.62. The quantitative estimate of drug-likeness (QED) is 0.856. The first-order valence-corrected chi connectivity index (χ1v) is 9.32. The normalized spacial score (nSPS) is 13.9. The highest BCUT2D eigenvalue weighted by Crippen LogP contribution is 2.27. The second kappa shape index (κ2) is 6.89. The Hall–Kier alpha value is -1.95. The summed E-state index contributed by atoms with van der Waals surface area (Å²) in [6.45, 7) is 5.42. The van der Waals surface area contributed by atoms with Crippen molar-refractivity contribution in [1.29, 1.82) is 0 Å². The number of rotatable bonds is 4. The summed E-state index contributed by atoms with van der Waals surface area (Å²) in [6, 6.07) is 3.66. The van der Waals surface area contributed by atoms with E-state index in [1.54, 1.807) is 24.5 Å². The zero-order valence-corrected chi connectivity index (χ0v) is 15.3. The fourth-order valence-corrected chi connectivity index (χ4v) is 4.46. The van der Waals surface area contributed by atoms with Gasteiger partial charge < -0.3 is 4.90 Å². The zero-order chi connectivity index (χ0) is 17.3. The third-order valence-electron chi connectivity index (χ3n) is 4.49. The molecule has 3 rings (SSSR count). The van der Waals surface area contributed by atoms with E-state index in [2.05, 4.69) is 25.0 Å². The van der Waals surface area contributed by atoms with Crippen LogP contribution >= 0.6 is 11.3 Å². The average molecular weight is 345 g/mol. The predicted molar refractivity (Wildman–Crippen MR) is 95.6 cm³/mol. The van der Waals surface area contributed by atoms with Gasteiger partial charge in [0, 0.05) is 43.1 Å². The molecule has 0 aromatic carbocycles. The van der Waals surface area contributed by atoms with Gasteiger partial charge in [-0.1, -0.05) is 20.3 Å². The molecule has 0 aliphatic carbocycles. The van der Waals surface area contributed by atoms with Gasteiger partial charge in [0.2, 0.25) is 0 Å². The fraction of sp³-hybridized carbons (Fsp3) is 0.500. The van der Waals surface area contributed by atoms with Crippen LogP contribution in [0.4, 0.5) is 0 Å². The minimum Gasteiger partial charge on any atom is -0.333 e. The smallest absolute Gasteiger partial charge is 0.266 e. The number of thiophene rings is 1. The molecule has 0 atom stereocenters. The molecule has 0 saturated heterocycles. The van der Waals surface area contributed by atoms with Crippen LogP contribution in [0.15, 0.2) is 16.9 Å². The molecule has 3 heterocycles. The summed E-state index contributed by atoms with van der Waals surface area (Å²) in [5.41, 5.74) is 2.96. The summed E-state index contributed by atoms with van der Waals surface area (Å²) in [4.78, 5) is 28.7. The highest BCUT2D eigenvalue weighted by molar-refractivity contribution is 7.14. The minimum absolute atomic E-state index is 0.0726. The maximum absolute atomic E-state index is 12.9. The third-order valence-corrected chi connectivity index (χ3v) is 5.72. The molecule has 1 amide bonds. The van der Waals surface area contributed by atoms with Gasteiger partial charge in [0.05, 0.1) is 10.6 Å². The molecule has 2 aromatic heterocycles. The molecule has 6 heteroatoms. The number of carbonyl (C=O) groups is 1. The van der Waals surface area contributed by atoms with E-state index < -0.39 is 0 Å². The SMILES string of the molecule is CCCc1sc(C(=O)N2CCc3nn(C)c(=O)cc3C2)cc1CC. The number of aryl methyl sites for hydroxylation is 3. The van der Waals surface area contributed by atoms with E-state index in [1.807, 2.05) is 4.90 Å². The van der Waals surface area contributed by atoms with Crippen molar-refractivity contribution >= 4 is 17.2 Å². The molecule has 0 fully saturated rings. The van der Waals surface area contributed by atoms with Crippen LogP contribution in [0.5, 0.6) is 0 Å². The van der Waals surface area contributed by atoms with E-state index >= 15 is 0 Å². The lowest BCUT2D eigenvalue weighted by molar-refractivity contribution is 0.0737. The highest BCUT2D eigenvalue weighted by atomic mass is 32.1. The van der Waals surface area contributed by atoms with Gasteiger partial charge in [0.15, 0.2) is 0 Å². The van der Waals surface area contributed by atoms with Crippen molar-refractivity contribution in [2.75, 3.05) is 6.54 Å². The monoisotopic (exact) mass is 345 g/mol. The topological polar surface area (TPSA) is 55.2 Å². The van der Waals surface area contributed by atoms with Gasteiger partial charge >= 0.3 is 0 Å². The second-order valence-electron chi connectivity index (χ2n) is 6.22. The Bertz CT molecular complexity index is 822. The lowest BCUT2D eigenvalue weighted by Gasteiger charge is -2.27. The molecule has 0 bridgehead atoms. The van der Waals surface area contributed by atoms with Crippen molar-refractivity contribution in [2.45, 2.75) is 46.1 Å². The molecule has 24 heavy (non-hydrogen) atoms. The van der Waals surface area contributed by atoms with Crippen molar-refractivity contribution in [3.8, 4) is 0 Å². The Kier molecular flexibility index (Phi) is 4.85. The van der Waals surface area contributed by atoms with Gasteiger partial charge in [0.25, 0.3) is 11.5 Å². The van der Waals surface area contributed by atoms with Crippen molar-refractivity contribution in [2.24, 2.45) is 7.05 Å². The number of fused-ring (bicyclic) bond motifs is 1. The van der Waals surface area contributed by atoms with Crippen LogP contribution in [0.25, 0.3) is 0 Å². The second-order valence-corrected chi connectivity index (χ2v) is 7.35. The van der Waals surface area contributed by atoms with E-state index in [9.17, 15) is 9.59 Å². The molecular weight excluding hydrogens is 322 g/mol. The Balaban J connectivity index is 1.83. The number of hydrogen-bond donors (Lipinski definition) is 0. The van der Waals surface area contributed by atoms with Crippen LogP contribution in [0.1, 0.15) is 51.6 Å². The van der Waals surface area contributed by atoms with Gasteiger partial charge in [0.1, 0.15) is 0 Å². The molecule has 5 nitrogen and oxygen atoms in total. The van der Waals surface area contributed by atoms with E-state index in [1.165, 1.54) is 15.1 Å². The first kappa shape index (κ1) is 16.9. The predicted octanol–water partition coefficient (Wildman–Crippen LogP) is 2.56. The van der Waals surface area contributed by atoms with Crippen LogP contribution in [-0.2, 0) is 32.9 Å². The summed E-state index contributed by atoms with van der Waals surface area (Å²) in [5, 5.41) is 4.30. The molecule has 2 aromatic rings. The number of amides is 1. The molecule has 1 aliphatic rings. The Morgan fingerprint density at radius 1 is 1.33 bits per heavy atom.